The van der Waals surface area contributed by atoms with Gasteiger partial charge in [0.15, 0.2) is 0 Å². The van der Waals surface area contributed by atoms with E-state index >= 15 is 0 Å². The maximum atomic E-state index is 5.37. The van der Waals surface area contributed by atoms with Gasteiger partial charge < -0.3 is 9.13 Å². The number of hydrogen-bond donors (Lipinski definition) is 0. The molecule has 3 aromatic heterocycles. The van der Waals surface area contributed by atoms with Crippen molar-refractivity contribution in [3.63, 3.8) is 0 Å². The van der Waals surface area contributed by atoms with Crippen LogP contribution in [-0.4, -0.2) is 14.1 Å². The van der Waals surface area contributed by atoms with Gasteiger partial charge in [-0.2, -0.15) is 0 Å². The van der Waals surface area contributed by atoms with E-state index in [4.69, 9.17) is 4.98 Å². The Hall–Kier alpha value is -5.93. The monoisotopic (exact) mass is 651 g/mol. The largest absolute Gasteiger partial charge is 0.309 e. The lowest BCUT2D eigenvalue weighted by Gasteiger charge is -2.10. The highest BCUT2D eigenvalue weighted by Gasteiger charge is 2.19. The molecule has 3 nitrogen and oxygen atoms in total. The summed E-state index contributed by atoms with van der Waals surface area (Å²) in [7, 11) is 0. The second-order valence-electron chi connectivity index (χ2n) is 11.2. The van der Waals surface area contributed by atoms with Crippen LogP contribution in [0.5, 0.6) is 0 Å². The molecule has 0 saturated carbocycles. The van der Waals surface area contributed by atoms with E-state index in [2.05, 4.69) is 173 Å². The summed E-state index contributed by atoms with van der Waals surface area (Å²) < 4.78 is 4.69. The van der Waals surface area contributed by atoms with Crippen molar-refractivity contribution in [2.45, 2.75) is 41.5 Å². The predicted molar refractivity (Wildman–Crippen MR) is 218 cm³/mol. The van der Waals surface area contributed by atoms with Gasteiger partial charge in [-0.15, -0.1) is 0 Å². The Labute approximate surface area is 296 Å². The average molecular weight is 652 g/mol. The lowest BCUT2D eigenvalue weighted by Crippen LogP contribution is -1.94. The topological polar surface area (TPSA) is 22.8 Å². The van der Waals surface area contributed by atoms with Crippen LogP contribution in [0.4, 0.5) is 0 Å². The number of hydrogen-bond acceptors (Lipinski definition) is 1. The maximum absolute atomic E-state index is 5.37. The molecule has 0 unspecified atom stereocenters. The molecule has 0 fully saturated rings. The van der Waals surface area contributed by atoms with Crippen LogP contribution in [0.1, 0.15) is 41.5 Å². The second kappa shape index (κ2) is 15.5. The molecule has 0 atom stereocenters. The number of benzene rings is 6. The first kappa shape index (κ1) is 34.0. The van der Waals surface area contributed by atoms with E-state index in [9.17, 15) is 0 Å². The molecule has 9 rings (SSSR count). The molecule has 0 radical (unpaired) electrons. The number of nitrogens with zero attached hydrogens (tertiary/aromatic N) is 3. The molecule has 0 aliphatic heterocycles. The second-order valence-corrected chi connectivity index (χ2v) is 11.2. The van der Waals surface area contributed by atoms with Crippen LogP contribution in [0, 0.1) is 0 Å². The summed E-state index contributed by atoms with van der Waals surface area (Å²) in [6, 6.07) is 58.2. The summed E-state index contributed by atoms with van der Waals surface area (Å²) in [5, 5.41) is 3.59. The van der Waals surface area contributed by atoms with Crippen LogP contribution in [0.15, 0.2) is 164 Å². The summed E-state index contributed by atoms with van der Waals surface area (Å²) in [5.41, 5.74) is 12.5. The van der Waals surface area contributed by atoms with Crippen molar-refractivity contribution in [3.8, 4) is 33.8 Å². The minimum absolute atomic E-state index is 0.974. The Balaban J connectivity index is 0.000000686. The average Bonchev–Trinajstić information content (AvgIpc) is 3.74. The zero-order valence-corrected chi connectivity index (χ0v) is 29.9. The number of para-hydroxylation sites is 3. The fraction of sp³-hybridized carbons (Fsp3) is 0.128. The Kier molecular flexibility index (Phi) is 10.5. The molecule has 0 aliphatic rings. The minimum Gasteiger partial charge on any atom is -0.309 e. The number of pyridine rings is 1. The van der Waals surface area contributed by atoms with Gasteiger partial charge in [-0.25, -0.2) is 4.98 Å². The maximum Gasteiger partial charge on any atom is 0.0970 e. The van der Waals surface area contributed by atoms with Gasteiger partial charge in [0.1, 0.15) is 0 Å². The molecule has 0 aliphatic carbocycles. The quantitative estimate of drug-likeness (QED) is 0.186. The summed E-state index contributed by atoms with van der Waals surface area (Å²) in [6.45, 7) is 12.0. The zero-order valence-electron chi connectivity index (χ0n) is 29.9. The summed E-state index contributed by atoms with van der Waals surface area (Å²) in [5.74, 6) is 0. The van der Waals surface area contributed by atoms with Crippen LogP contribution in [0.2, 0.25) is 0 Å². The molecule has 50 heavy (non-hydrogen) atoms. The predicted octanol–water partition coefficient (Wildman–Crippen LogP) is 13.7. The first-order valence-corrected chi connectivity index (χ1v) is 18.0. The summed E-state index contributed by atoms with van der Waals surface area (Å²) in [4.78, 5) is 5.37. The molecule has 248 valence electrons. The Morgan fingerprint density at radius 2 is 0.860 bits per heavy atom. The van der Waals surface area contributed by atoms with E-state index < -0.39 is 0 Å². The first-order chi connectivity index (χ1) is 24.8. The van der Waals surface area contributed by atoms with Gasteiger partial charge >= 0.3 is 0 Å². The molecule has 3 heteroatoms. The van der Waals surface area contributed by atoms with Gasteiger partial charge in [0.2, 0.25) is 0 Å². The van der Waals surface area contributed by atoms with E-state index in [0.717, 1.165) is 44.6 Å². The molecule has 0 spiro atoms. The molecule has 0 amide bonds. The van der Waals surface area contributed by atoms with E-state index in [1.165, 1.54) is 32.9 Å². The van der Waals surface area contributed by atoms with E-state index in [0.29, 0.717) is 0 Å². The van der Waals surface area contributed by atoms with Crippen molar-refractivity contribution < 1.29 is 0 Å². The fourth-order valence-electron chi connectivity index (χ4n) is 6.78. The highest BCUT2D eigenvalue weighted by Crippen LogP contribution is 2.40. The van der Waals surface area contributed by atoms with Crippen LogP contribution < -0.4 is 0 Å². The number of rotatable bonds is 4. The zero-order chi connectivity index (χ0) is 35.0. The third-order valence-corrected chi connectivity index (χ3v) is 8.74. The van der Waals surface area contributed by atoms with E-state index in [-0.39, 0.29) is 0 Å². The van der Waals surface area contributed by atoms with Crippen LogP contribution in [0.25, 0.3) is 77.5 Å². The molecular weight excluding hydrogens is 607 g/mol. The van der Waals surface area contributed by atoms with Gasteiger partial charge in [0.25, 0.3) is 0 Å². The SMILES string of the molecule is CC.CC.CC.c1ccc(-c2ccc(-n3c4ccccc4c4c(-c5ccc6c(n5)c5ccccc5n6-c5ccccc5)cccc43)cc2)cc1. The third kappa shape index (κ3) is 5.97. The summed E-state index contributed by atoms with van der Waals surface area (Å²) in [6.07, 6.45) is 0. The van der Waals surface area contributed by atoms with Crippen molar-refractivity contribution in [2.24, 2.45) is 0 Å². The van der Waals surface area contributed by atoms with Crippen molar-refractivity contribution in [1.29, 1.82) is 0 Å². The van der Waals surface area contributed by atoms with E-state index in [1.807, 2.05) is 41.5 Å². The Morgan fingerprint density at radius 3 is 1.54 bits per heavy atom. The third-order valence-electron chi connectivity index (χ3n) is 8.74. The standard InChI is InChI=1S/C41H27N3.3C2H6/c1-3-12-28(13-4-1)29-22-24-31(25-23-29)43-36-19-9-7-16-33(36)40-32(18-11-21-38(40)43)35-26-27-39-41(42-35)34-17-8-10-20-37(34)44(39)30-14-5-2-6-15-30;3*1-2/h1-27H;3*1-2H3. The van der Waals surface area contributed by atoms with Gasteiger partial charge in [-0.1, -0.05) is 151 Å². The van der Waals surface area contributed by atoms with Gasteiger partial charge in [0, 0.05) is 33.1 Å². The van der Waals surface area contributed by atoms with Gasteiger partial charge in [-0.05, 0) is 65.7 Å². The van der Waals surface area contributed by atoms with E-state index in [1.54, 1.807) is 0 Å². The van der Waals surface area contributed by atoms with Crippen molar-refractivity contribution in [3.05, 3.63) is 164 Å². The van der Waals surface area contributed by atoms with Crippen molar-refractivity contribution in [2.75, 3.05) is 0 Å². The van der Waals surface area contributed by atoms with Crippen LogP contribution in [-0.2, 0) is 0 Å². The lowest BCUT2D eigenvalue weighted by molar-refractivity contribution is 1.17. The van der Waals surface area contributed by atoms with Crippen molar-refractivity contribution >= 4 is 43.7 Å². The molecule has 0 N–H and O–H groups in total. The molecule has 3 heterocycles. The first-order valence-electron chi connectivity index (χ1n) is 18.0. The normalized spacial score (nSPS) is 10.6. The van der Waals surface area contributed by atoms with Crippen LogP contribution >= 0.6 is 0 Å². The summed E-state index contributed by atoms with van der Waals surface area (Å²) >= 11 is 0. The van der Waals surface area contributed by atoms with Gasteiger partial charge in [0.05, 0.1) is 33.3 Å². The highest BCUT2D eigenvalue weighted by atomic mass is 15.0. The van der Waals surface area contributed by atoms with Crippen LogP contribution in [0.3, 0.4) is 0 Å². The van der Waals surface area contributed by atoms with Crippen molar-refractivity contribution in [1.82, 2.24) is 14.1 Å². The highest BCUT2D eigenvalue weighted by molar-refractivity contribution is 6.16. The molecule has 0 saturated heterocycles. The smallest absolute Gasteiger partial charge is 0.0970 e. The Morgan fingerprint density at radius 1 is 0.360 bits per heavy atom. The number of fused-ring (bicyclic) bond motifs is 6. The molecule has 9 aromatic rings. The van der Waals surface area contributed by atoms with Gasteiger partial charge in [-0.3, -0.25) is 0 Å². The Bertz CT molecular complexity index is 2470. The number of aromatic nitrogens is 3. The lowest BCUT2D eigenvalue weighted by atomic mass is 10.0. The fourth-order valence-corrected chi connectivity index (χ4v) is 6.78. The molecule has 6 aromatic carbocycles. The molecular formula is C47H45N3. The molecule has 0 bridgehead atoms. The minimum atomic E-state index is 0.974.